The highest BCUT2D eigenvalue weighted by Crippen LogP contribution is 2.34. The van der Waals surface area contributed by atoms with Gasteiger partial charge in [0.05, 0.1) is 18.4 Å². The fraction of sp³-hybridized carbons (Fsp3) is 0.517. The third-order valence-corrected chi connectivity index (χ3v) is 7.97. The molecule has 1 aliphatic carbocycles. The van der Waals surface area contributed by atoms with Crippen LogP contribution in [-0.2, 0) is 6.42 Å². The van der Waals surface area contributed by atoms with Gasteiger partial charge in [-0.2, -0.15) is 0 Å². The van der Waals surface area contributed by atoms with Crippen LogP contribution in [-0.4, -0.2) is 43.4 Å². The molecular weight excluding hydrogens is 521 g/mol. The molecule has 0 spiro atoms. The number of amides is 1. The van der Waals surface area contributed by atoms with Gasteiger partial charge in [0.25, 0.3) is 5.91 Å². The first-order valence-corrected chi connectivity index (χ1v) is 14.2. The number of hydrogen-bond donors (Lipinski definition) is 3. The number of aromatic nitrogens is 4. The number of carbonyl (C=O) groups is 1. The van der Waals surface area contributed by atoms with Crippen LogP contribution in [0, 0.1) is 11.7 Å². The van der Waals surface area contributed by atoms with Gasteiger partial charge in [0.1, 0.15) is 23.2 Å². The summed E-state index contributed by atoms with van der Waals surface area (Å²) in [7, 11) is 0. The second kappa shape index (κ2) is 13.3. The summed E-state index contributed by atoms with van der Waals surface area (Å²) in [6.07, 6.45) is 10.6. The van der Waals surface area contributed by atoms with Crippen LogP contribution in [0.25, 0.3) is 11.1 Å². The molecule has 2 heterocycles. The molecule has 0 unspecified atom stereocenters. The first kappa shape index (κ1) is 29.0. The molecule has 210 valence electrons. The average molecular weight is 558 g/mol. The van der Waals surface area contributed by atoms with E-state index >= 15 is 0 Å². The Morgan fingerprint density at radius 1 is 1.21 bits per heavy atom. The lowest BCUT2D eigenvalue weighted by atomic mass is 9.87. The number of ether oxygens (including phenoxy) is 1. The van der Waals surface area contributed by atoms with Crippen molar-refractivity contribution in [3.8, 4) is 16.9 Å². The first-order chi connectivity index (χ1) is 18.8. The maximum Gasteiger partial charge on any atom is 0.296 e. The Morgan fingerprint density at radius 3 is 2.72 bits per heavy atom. The zero-order valence-corrected chi connectivity index (χ0v) is 23.4. The van der Waals surface area contributed by atoms with E-state index in [0.717, 1.165) is 12.6 Å². The van der Waals surface area contributed by atoms with Crippen LogP contribution in [0.1, 0.15) is 88.1 Å². The molecule has 3 N–H and O–H groups in total. The molecule has 10 heteroatoms. The number of carbonyl (C=O) groups excluding carboxylic acids is 1. The molecule has 0 aliphatic heterocycles. The lowest BCUT2D eigenvalue weighted by Crippen LogP contribution is -2.26. The lowest BCUT2D eigenvalue weighted by Gasteiger charge is -2.24. The molecule has 8 nitrogen and oxygen atoms in total. The molecule has 1 aliphatic rings. The molecule has 0 saturated heterocycles. The normalized spacial score (nSPS) is 14.4. The Bertz CT molecular complexity index is 1260. The van der Waals surface area contributed by atoms with Gasteiger partial charge in [-0.3, -0.25) is 9.89 Å². The molecule has 1 amide bonds. The monoisotopic (exact) mass is 557 g/mol. The minimum absolute atomic E-state index is 0.0139. The van der Waals surface area contributed by atoms with Gasteiger partial charge in [-0.15, -0.1) is 5.10 Å². The standard InChI is InChI=1S/C29H37ClFN5O3/c1-3-29(38,4-2)13-8-14-39-20-11-12-23(30)21(16-20)22-17-25(32-18-24(22)31)34-28(37)27-33-26(35-36-27)15-19-9-6-5-7-10-19/h11-12,16-19,38H,3-10,13-15H2,1-2H3,(H,32,34,37)(H,33,35,36). The number of aromatic amines is 1. The van der Waals surface area contributed by atoms with Crippen molar-refractivity contribution in [3.05, 3.63) is 53.0 Å². The molecule has 1 saturated carbocycles. The van der Waals surface area contributed by atoms with Crippen LogP contribution in [0.3, 0.4) is 0 Å². The summed E-state index contributed by atoms with van der Waals surface area (Å²) in [5.74, 6) is 0.820. The summed E-state index contributed by atoms with van der Waals surface area (Å²) < 4.78 is 20.7. The van der Waals surface area contributed by atoms with Crippen LogP contribution >= 0.6 is 11.6 Å². The summed E-state index contributed by atoms with van der Waals surface area (Å²) in [6, 6.07) is 6.44. The van der Waals surface area contributed by atoms with E-state index in [-0.39, 0.29) is 17.2 Å². The second-order valence-electron chi connectivity index (χ2n) is 10.3. The molecule has 4 rings (SSSR count). The van der Waals surface area contributed by atoms with Crippen molar-refractivity contribution in [2.75, 3.05) is 11.9 Å². The Hall–Kier alpha value is -3.04. The Balaban J connectivity index is 1.41. The number of aliphatic hydroxyl groups is 1. The summed E-state index contributed by atoms with van der Waals surface area (Å²) >= 11 is 6.41. The summed E-state index contributed by atoms with van der Waals surface area (Å²) in [5, 5.41) is 20.4. The number of nitrogens with zero attached hydrogens (tertiary/aromatic N) is 3. The van der Waals surface area contributed by atoms with Crippen LogP contribution in [0.15, 0.2) is 30.5 Å². The summed E-state index contributed by atoms with van der Waals surface area (Å²) in [5.41, 5.74) is -0.0938. The first-order valence-electron chi connectivity index (χ1n) is 13.8. The van der Waals surface area contributed by atoms with Crippen LogP contribution in [0.2, 0.25) is 5.02 Å². The number of rotatable bonds is 12. The van der Waals surface area contributed by atoms with Gasteiger partial charge in [0.2, 0.25) is 5.82 Å². The van der Waals surface area contributed by atoms with Crippen molar-refractivity contribution in [3.63, 3.8) is 0 Å². The van der Waals surface area contributed by atoms with Gasteiger partial charge < -0.3 is 15.2 Å². The topological polar surface area (TPSA) is 113 Å². The van der Waals surface area contributed by atoms with Crippen LogP contribution < -0.4 is 10.1 Å². The fourth-order valence-corrected chi connectivity index (χ4v) is 5.25. The summed E-state index contributed by atoms with van der Waals surface area (Å²) in [4.78, 5) is 21.1. The maximum atomic E-state index is 14.8. The average Bonchev–Trinajstić information content (AvgIpc) is 3.42. The highest BCUT2D eigenvalue weighted by atomic mass is 35.5. The number of nitrogens with one attached hydrogen (secondary N) is 2. The van der Waals surface area contributed by atoms with Gasteiger partial charge in [-0.25, -0.2) is 14.4 Å². The van der Waals surface area contributed by atoms with E-state index in [4.69, 9.17) is 16.3 Å². The largest absolute Gasteiger partial charge is 0.494 e. The number of hydrogen-bond acceptors (Lipinski definition) is 6. The van der Waals surface area contributed by atoms with Crippen molar-refractivity contribution in [1.29, 1.82) is 0 Å². The molecule has 0 bridgehead atoms. The molecule has 2 aromatic heterocycles. The Kier molecular flexibility index (Phi) is 9.91. The molecule has 0 atom stereocenters. The highest BCUT2D eigenvalue weighted by Gasteiger charge is 2.22. The number of benzene rings is 1. The molecule has 39 heavy (non-hydrogen) atoms. The number of halogens is 2. The van der Waals surface area contributed by atoms with Gasteiger partial charge in [-0.05, 0) is 55.9 Å². The summed E-state index contributed by atoms with van der Waals surface area (Å²) in [6.45, 7) is 4.34. The van der Waals surface area contributed by atoms with Gasteiger partial charge >= 0.3 is 0 Å². The fourth-order valence-electron chi connectivity index (χ4n) is 5.03. The third-order valence-electron chi connectivity index (χ3n) is 7.64. The highest BCUT2D eigenvalue weighted by molar-refractivity contribution is 6.33. The molecular formula is C29H37ClFN5O3. The van der Waals surface area contributed by atoms with Crippen molar-refractivity contribution >= 4 is 23.3 Å². The number of H-pyrrole nitrogens is 1. The van der Waals surface area contributed by atoms with E-state index in [1.54, 1.807) is 18.2 Å². The Labute approximate surface area is 233 Å². The van der Waals surface area contributed by atoms with Crippen molar-refractivity contribution in [1.82, 2.24) is 20.2 Å². The molecule has 0 radical (unpaired) electrons. The second-order valence-corrected chi connectivity index (χ2v) is 10.7. The smallest absolute Gasteiger partial charge is 0.296 e. The van der Waals surface area contributed by atoms with E-state index in [1.807, 2.05) is 13.8 Å². The molecule has 1 fully saturated rings. The molecule has 3 aromatic rings. The van der Waals surface area contributed by atoms with Crippen molar-refractivity contribution in [2.45, 2.75) is 83.7 Å². The predicted molar refractivity (Wildman–Crippen MR) is 150 cm³/mol. The third kappa shape index (κ3) is 7.76. The van der Waals surface area contributed by atoms with Crippen LogP contribution in [0.5, 0.6) is 5.75 Å². The van der Waals surface area contributed by atoms with Crippen LogP contribution in [0.4, 0.5) is 10.2 Å². The van der Waals surface area contributed by atoms with E-state index in [2.05, 4.69) is 25.5 Å². The van der Waals surface area contributed by atoms with Crippen molar-refractivity contribution < 1.29 is 19.0 Å². The number of pyridine rings is 1. The zero-order chi connectivity index (χ0) is 27.8. The van der Waals surface area contributed by atoms with Gasteiger partial charge in [0, 0.05) is 22.6 Å². The van der Waals surface area contributed by atoms with Gasteiger partial charge in [-0.1, -0.05) is 57.6 Å². The van der Waals surface area contributed by atoms with E-state index in [1.165, 1.54) is 38.2 Å². The lowest BCUT2D eigenvalue weighted by molar-refractivity contribution is 0.0185. The zero-order valence-electron chi connectivity index (χ0n) is 22.6. The van der Waals surface area contributed by atoms with E-state index in [0.29, 0.717) is 60.4 Å². The molecule has 1 aromatic carbocycles. The van der Waals surface area contributed by atoms with E-state index < -0.39 is 17.3 Å². The van der Waals surface area contributed by atoms with Crippen molar-refractivity contribution in [2.24, 2.45) is 5.92 Å². The Morgan fingerprint density at radius 2 is 1.97 bits per heavy atom. The minimum Gasteiger partial charge on any atom is -0.494 e. The quantitative estimate of drug-likeness (QED) is 0.212. The maximum absolute atomic E-state index is 14.8. The minimum atomic E-state index is -0.683. The SMILES string of the molecule is CCC(O)(CC)CCCOc1ccc(Cl)c(-c2cc(NC(=O)c3n[nH]c(CC4CCCCC4)n3)ncc2F)c1. The van der Waals surface area contributed by atoms with E-state index in [9.17, 15) is 14.3 Å². The predicted octanol–water partition coefficient (Wildman–Crippen LogP) is 6.74. The van der Waals surface area contributed by atoms with Gasteiger partial charge in [0.15, 0.2) is 0 Å². The number of anilines is 1.